The Labute approximate surface area is 105 Å². The summed E-state index contributed by atoms with van der Waals surface area (Å²) < 4.78 is 0.858. The smallest absolute Gasteiger partial charge is 0.0666 e. The lowest BCUT2D eigenvalue weighted by molar-refractivity contribution is 0.772. The molecule has 0 spiro atoms. The van der Waals surface area contributed by atoms with Crippen LogP contribution in [0.5, 0.6) is 0 Å². The Hall–Kier alpha value is 1.03. The van der Waals surface area contributed by atoms with Crippen molar-refractivity contribution < 1.29 is 0 Å². The lowest BCUT2D eigenvalue weighted by atomic mass is 10.2. The summed E-state index contributed by atoms with van der Waals surface area (Å²) in [6.45, 7) is 15.8. The van der Waals surface area contributed by atoms with E-state index in [1.54, 1.807) is 6.16 Å². The van der Waals surface area contributed by atoms with Crippen molar-refractivity contribution in [3.63, 3.8) is 0 Å². The van der Waals surface area contributed by atoms with E-state index in [-0.39, 0.29) is 0 Å². The van der Waals surface area contributed by atoms with Gasteiger partial charge in [-0.2, -0.15) is 0 Å². The van der Waals surface area contributed by atoms with Crippen LogP contribution < -0.4 is 0 Å². The summed E-state index contributed by atoms with van der Waals surface area (Å²) in [5.74, 6) is 1.03. The monoisotopic (exact) mass is 286 g/mol. The van der Waals surface area contributed by atoms with Gasteiger partial charge in [-0.05, 0) is 17.4 Å². The van der Waals surface area contributed by atoms with Crippen molar-refractivity contribution in [3.05, 3.63) is 12.2 Å². The first kappa shape index (κ1) is 12.1. The van der Waals surface area contributed by atoms with Crippen LogP contribution in [0.25, 0.3) is 0 Å². The highest BCUT2D eigenvalue weighted by molar-refractivity contribution is 8.51. The van der Waals surface area contributed by atoms with Gasteiger partial charge in [-0.3, -0.25) is 0 Å². The quantitative estimate of drug-likeness (QED) is 0.385. The topological polar surface area (TPSA) is 0 Å². The van der Waals surface area contributed by atoms with Crippen molar-refractivity contribution in [2.45, 2.75) is 49.1 Å². The molecule has 2 fully saturated rings. The van der Waals surface area contributed by atoms with E-state index in [4.69, 9.17) is 0 Å². The lowest BCUT2D eigenvalue weighted by Gasteiger charge is -2.42. The largest absolute Gasteiger partial charge is 0.0837 e. The van der Waals surface area contributed by atoms with E-state index in [1.807, 2.05) is 0 Å². The van der Waals surface area contributed by atoms with Gasteiger partial charge in [0.25, 0.3) is 0 Å². The fraction of sp³-hybridized carbons (Fsp3) is 0.833. The molecular weight excluding hydrogens is 262 g/mol. The highest BCUT2D eigenvalue weighted by Crippen LogP contribution is 3.10. The van der Waals surface area contributed by atoms with Crippen molar-refractivity contribution in [2.75, 3.05) is 6.16 Å². The van der Waals surface area contributed by atoms with Gasteiger partial charge in [-0.25, -0.2) is 0 Å². The van der Waals surface area contributed by atoms with Gasteiger partial charge in [0, 0.05) is 4.52 Å². The van der Waals surface area contributed by atoms with Crippen LogP contribution in [0.1, 0.15) is 0 Å². The zero-order valence-corrected chi connectivity index (χ0v) is 15.2. The van der Waals surface area contributed by atoms with Crippen LogP contribution in [0.15, 0.2) is 12.2 Å². The molecule has 0 aliphatic carbocycles. The van der Waals surface area contributed by atoms with E-state index in [2.05, 4.69) is 51.4 Å². The standard InChI is InChI=1S/C12H24P2Si2/c1-15(2,3)11-10-7-8-12(16(4,5)6)13(9-10)14(11)12/h7-8,10-11H,9H2,1-6H3/t10-,11-,12-,13?,14?/m0/s1. The average Bonchev–Trinajstić information content (AvgIpc) is 2.64. The first-order valence-corrected chi connectivity index (χ1v) is 17.2. The van der Waals surface area contributed by atoms with Gasteiger partial charge in [0.05, 0.1) is 16.1 Å². The number of rotatable bonds is 2. The molecule has 4 heterocycles. The maximum Gasteiger partial charge on any atom is 0.0666 e. The molecule has 2 unspecified atom stereocenters. The van der Waals surface area contributed by atoms with Crippen LogP contribution in [0.2, 0.25) is 39.3 Å². The predicted octanol–water partition coefficient (Wildman–Crippen LogP) is 4.90. The second-order valence-corrected chi connectivity index (χ2v) is 26.6. The molecule has 0 nitrogen and oxygen atoms in total. The molecule has 0 aromatic carbocycles. The van der Waals surface area contributed by atoms with E-state index in [1.165, 1.54) is 5.28 Å². The molecule has 4 aliphatic rings. The molecular formula is C12H24P2Si2. The minimum absolute atomic E-state index is 0.466. The molecule has 2 saturated heterocycles. The van der Waals surface area contributed by atoms with Gasteiger partial charge in [0.2, 0.25) is 0 Å². The van der Waals surface area contributed by atoms with E-state index >= 15 is 0 Å². The van der Waals surface area contributed by atoms with Gasteiger partial charge in [0.15, 0.2) is 0 Å². The van der Waals surface area contributed by atoms with E-state index in [9.17, 15) is 0 Å². The first-order valence-electron chi connectivity index (χ1n) is 6.46. The van der Waals surface area contributed by atoms with E-state index in [0.29, 0.717) is 15.2 Å². The second-order valence-electron chi connectivity index (χ2n) is 7.74. The Morgan fingerprint density at radius 1 is 1.12 bits per heavy atom. The van der Waals surface area contributed by atoms with Crippen LogP contribution in [-0.2, 0) is 0 Å². The Bertz CT molecular complexity index is 366. The predicted molar refractivity (Wildman–Crippen MR) is 84.5 cm³/mol. The molecule has 0 aromatic rings. The summed E-state index contributed by atoms with van der Waals surface area (Å²) in [4.78, 5) is 0. The van der Waals surface area contributed by atoms with Gasteiger partial charge in [-0.1, -0.05) is 66.7 Å². The Morgan fingerprint density at radius 3 is 2.19 bits per heavy atom. The van der Waals surface area contributed by atoms with Crippen molar-refractivity contribution in [3.8, 4) is 0 Å². The lowest BCUT2D eigenvalue weighted by Crippen LogP contribution is -2.48. The van der Waals surface area contributed by atoms with Crippen molar-refractivity contribution in [2.24, 2.45) is 5.92 Å². The molecule has 90 valence electrons. The van der Waals surface area contributed by atoms with Crippen LogP contribution in [0, 0.1) is 5.92 Å². The fourth-order valence-electron chi connectivity index (χ4n) is 3.94. The third-order valence-electron chi connectivity index (χ3n) is 4.58. The molecule has 4 aliphatic heterocycles. The normalized spacial score (nSPS) is 49.6. The molecule has 0 radical (unpaired) electrons. The van der Waals surface area contributed by atoms with Gasteiger partial charge in [-0.15, -0.1) is 0 Å². The van der Waals surface area contributed by atoms with Crippen LogP contribution in [0.3, 0.4) is 0 Å². The molecule has 0 N–H and O–H groups in total. The minimum Gasteiger partial charge on any atom is -0.0837 e. The molecule has 16 heavy (non-hydrogen) atoms. The number of hydrogen-bond donors (Lipinski definition) is 0. The van der Waals surface area contributed by atoms with Crippen LogP contribution in [0.4, 0.5) is 0 Å². The maximum atomic E-state index is 2.74. The second kappa shape index (κ2) is 3.13. The summed E-state index contributed by atoms with van der Waals surface area (Å²) >= 11 is 0. The third kappa shape index (κ3) is 1.28. The SMILES string of the molecule is C[Si](C)(C)[C@H]1[C@H]2C=C[C@]3([Si](C)(C)C)P(C2)P13. The Balaban J connectivity index is 2.02. The minimum atomic E-state index is -0.959. The number of hydrogen-bond acceptors (Lipinski definition) is 0. The van der Waals surface area contributed by atoms with Crippen molar-refractivity contribution in [1.82, 2.24) is 0 Å². The number of allylic oxidation sites excluding steroid dienone is 2. The highest BCUT2D eigenvalue weighted by atomic mass is 32.1. The van der Waals surface area contributed by atoms with Crippen molar-refractivity contribution >= 4 is 31.4 Å². The molecule has 0 aromatic heterocycles. The zero-order chi connectivity index (χ0) is 11.9. The summed E-state index contributed by atoms with van der Waals surface area (Å²) in [6.07, 6.45) is 7.03. The summed E-state index contributed by atoms with van der Waals surface area (Å²) in [5.41, 5.74) is 0. The summed E-state index contributed by atoms with van der Waals surface area (Å²) in [7, 11) is -0.916. The van der Waals surface area contributed by atoms with Gasteiger partial charge in [0.1, 0.15) is 0 Å². The third-order valence-corrected chi connectivity index (χ3v) is 28.7. The average molecular weight is 286 g/mol. The van der Waals surface area contributed by atoms with Crippen LogP contribution in [-0.4, -0.2) is 32.1 Å². The highest BCUT2D eigenvalue weighted by Gasteiger charge is 2.77. The molecule has 0 amide bonds. The maximum absolute atomic E-state index is 2.74. The Kier molecular flexibility index (Phi) is 2.36. The summed E-state index contributed by atoms with van der Waals surface area (Å²) in [6, 6.07) is 0. The van der Waals surface area contributed by atoms with Crippen LogP contribution >= 0.6 is 15.2 Å². The Morgan fingerprint density at radius 2 is 1.75 bits per heavy atom. The molecule has 5 atom stereocenters. The van der Waals surface area contributed by atoms with Gasteiger partial charge >= 0.3 is 0 Å². The molecule has 4 heteroatoms. The summed E-state index contributed by atoms with van der Waals surface area (Å²) in [5, 5.41) is 1.20. The molecule has 4 bridgehead atoms. The van der Waals surface area contributed by atoms with E-state index < -0.39 is 16.1 Å². The fourth-order valence-corrected chi connectivity index (χ4v) is 38.4. The molecule has 4 rings (SSSR count). The van der Waals surface area contributed by atoms with Gasteiger partial charge < -0.3 is 0 Å². The first-order chi connectivity index (χ1) is 7.19. The van der Waals surface area contributed by atoms with Crippen molar-refractivity contribution in [1.29, 1.82) is 0 Å². The zero-order valence-electron chi connectivity index (χ0n) is 11.4. The van der Waals surface area contributed by atoms with E-state index in [0.717, 1.165) is 10.4 Å². The molecule has 0 saturated carbocycles.